The first-order valence-electron chi connectivity index (χ1n) is 4.96. The number of allylic oxidation sites excluding steroid dienone is 4. The summed E-state index contributed by atoms with van der Waals surface area (Å²) in [6.07, 6.45) is 5.52. The molecule has 0 amide bonds. The second-order valence-corrected chi connectivity index (χ2v) is 3.64. The molecule has 0 saturated heterocycles. The molecule has 0 aliphatic heterocycles. The van der Waals surface area contributed by atoms with Crippen molar-refractivity contribution in [3.63, 3.8) is 0 Å². The van der Waals surface area contributed by atoms with Gasteiger partial charge < -0.3 is 5.73 Å². The van der Waals surface area contributed by atoms with Crippen LogP contribution in [0.15, 0.2) is 54.8 Å². The van der Waals surface area contributed by atoms with Gasteiger partial charge in [0.15, 0.2) is 0 Å². The Balaban J connectivity index is 2.78. The minimum Gasteiger partial charge on any atom is -0.404 e. The minimum absolute atomic E-state index is 0.996. The fourth-order valence-corrected chi connectivity index (χ4v) is 1.15. The average molecular weight is 199 g/mol. The minimum atomic E-state index is 0.996. The van der Waals surface area contributed by atoms with Crippen LogP contribution in [0.25, 0.3) is 5.57 Å². The molecule has 0 atom stereocenters. The predicted octanol–water partition coefficient (Wildman–Crippen LogP) is 3.43. The number of rotatable bonds is 3. The summed E-state index contributed by atoms with van der Waals surface area (Å²) in [5.41, 5.74) is 9.80. The van der Waals surface area contributed by atoms with Gasteiger partial charge in [-0.05, 0) is 36.8 Å². The van der Waals surface area contributed by atoms with Gasteiger partial charge in [0.1, 0.15) is 0 Å². The van der Waals surface area contributed by atoms with Crippen LogP contribution in [-0.2, 0) is 0 Å². The van der Waals surface area contributed by atoms with E-state index in [0.717, 1.165) is 16.7 Å². The molecule has 1 heteroatoms. The molecule has 1 rings (SSSR count). The molecule has 0 unspecified atom stereocenters. The Morgan fingerprint density at radius 1 is 1.20 bits per heavy atom. The van der Waals surface area contributed by atoms with Crippen LogP contribution in [0.4, 0.5) is 0 Å². The number of nitrogens with two attached hydrogens (primary N) is 1. The Morgan fingerprint density at radius 2 is 1.80 bits per heavy atom. The van der Waals surface area contributed by atoms with Gasteiger partial charge in [0.05, 0.1) is 0 Å². The Bertz CT molecular complexity index is 394. The lowest BCUT2D eigenvalue weighted by Gasteiger charge is -2.00. The van der Waals surface area contributed by atoms with Crippen LogP contribution in [0.3, 0.4) is 0 Å². The zero-order chi connectivity index (χ0) is 11.3. The van der Waals surface area contributed by atoms with E-state index in [2.05, 4.69) is 37.8 Å². The molecule has 0 bridgehead atoms. The molecule has 1 aromatic carbocycles. The molecule has 0 heterocycles. The van der Waals surface area contributed by atoms with E-state index >= 15 is 0 Å². The van der Waals surface area contributed by atoms with E-state index in [0.29, 0.717) is 0 Å². The smallest absolute Gasteiger partial charge is 0.00325 e. The SMILES string of the molecule is C=C(/C=C\C(C)=C/N)c1ccc(C)cc1. The predicted molar refractivity (Wildman–Crippen MR) is 67.3 cm³/mol. The van der Waals surface area contributed by atoms with Gasteiger partial charge in [-0.3, -0.25) is 0 Å². The van der Waals surface area contributed by atoms with Crippen LogP contribution < -0.4 is 5.73 Å². The Hall–Kier alpha value is -1.76. The third kappa shape index (κ3) is 3.47. The van der Waals surface area contributed by atoms with Crippen LogP contribution >= 0.6 is 0 Å². The Kier molecular flexibility index (Phi) is 3.92. The fourth-order valence-electron chi connectivity index (χ4n) is 1.15. The van der Waals surface area contributed by atoms with Crippen molar-refractivity contribution in [1.29, 1.82) is 0 Å². The molecule has 0 saturated carbocycles. The highest BCUT2D eigenvalue weighted by molar-refractivity contribution is 5.72. The molecular weight excluding hydrogens is 182 g/mol. The first kappa shape index (κ1) is 11.3. The first-order valence-corrected chi connectivity index (χ1v) is 4.96. The largest absolute Gasteiger partial charge is 0.404 e. The fraction of sp³-hybridized carbons (Fsp3) is 0.143. The van der Waals surface area contributed by atoms with Crippen LogP contribution in [0.1, 0.15) is 18.1 Å². The first-order chi connectivity index (χ1) is 7.13. The lowest BCUT2D eigenvalue weighted by molar-refractivity contribution is 1.43. The lowest BCUT2D eigenvalue weighted by atomic mass is 10.0. The zero-order valence-corrected chi connectivity index (χ0v) is 9.33. The van der Waals surface area contributed by atoms with E-state index in [1.165, 1.54) is 5.56 Å². The van der Waals surface area contributed by atoms with Crippen molar-refractivity contribution >= 4 is 5.57 Å². The molecule has 0 spiro atoms. The van der Waals surface area contributed by atoms with Gasteiger partial charge in [0.2, 0.25) is 0 Å². The molecule has 78 valence electrons. The highest BCUT2D eigenvalue weighted by atomic mass is 14.5. The van der Waals surface area contributed by atoms with Crippen molar-refractivity contribution in [2.75, 3.05) is 0 Å². The summed E-state index contributed by atoms with van der Waals surface area (Å²) in [5.74, 6) is 0. The summed E-state index contributed by atoms with van der Waals surface area (Å²) in [7, 11) is 0. The topological polar surface area (TPSA) is 26.0 Å². The monoisotopic (exact) mass is 199 g/mol. The summed E-state index contributed by atoms with van der Waals surface area (Å²) in [5, 5.41) is 0. The number of benzene rings is 1. The maximum atomic E-state index is 5.37. The van der Waals surface area contributed by atoms with Crippen LogP contribution in [0, 0.1) is 6.92 Å². The van der Waals surface area contributed by atoms with E-state index in [4.69, 9.17) is 5.73 Å². The van der Waals surface area contributed by atoms with E-state index in [1.807, 2.05) is 19.1 Å². The van der Waals surface area contributed by atoms with Crippen LogP contribution in [-0.4, -0.2) is 0 Å². The van der Waals surface area contributed by atoms with Gasteiger partial charge >= 0.3 is 0 Å². The number of aryl methyl sites for hydroxylation is 1. The molecule has 0 aliphatic rings. The van der Waals surface area contributed by atoms with E-state index in [1.54, 1.807) is 6.20 Å². The van der Waals surface area contributed by atoms with Crippen molar-refractivity contribution in [2.24, 2.45) is 5.73 Å². The van der Waals surface area contributed by atoms with Crippen molar-refractivity contribution in [2.45, 2.75) is 13.8 Å². The molecule has 1 aromatic rings. The summed E-state index contributed by atoms with van der Waals surface area (Å²) < 4.78 is 0. The summed E-state index contributed by atoms with van der Waals surface area (Å²) in [4.78, 5) is 0. The van der Waals surface area contributed by atoms with Gasteiger partial charge in [0.25, 0.3) is 0 Å². The highest BCUT2D eigenvalue weighted by Gasteiger charge is 1.93. The molecule has 15 heavy (non-hydrogen) atoms. The molecule has 0 aliphatic carbocycles. The molecule has 0 aromatic heterocycles. The molecule has 1 nitrogen and oxygen atoms in total. The molecular formula is C14H17N. The summed E-state index contributed by atoms with van der Waals surface area (Å²) in [6.45, 7) is 8.04. The van der Waals surface area contributed by atoms with E-state index in [-0.39, 0.29) is 0 Å². The van der Waals surface area contributed by atoms with Crippen LogP contribution in [0.2, 0.25) is 0 Å². The average Bonchev–Trinajstić information content (AvgIpc) is 2.26. The maximum absolute atomic E-state index is 5.37. The maximum Gasteiger partial charge on any atom is -0.00325 e. The second-order valence-electron chi connectivity index (χ2n) is 3.64. The van der Waals surface area contributed by atoms with Crippen molar-refractivity contribution < 1.29 is 0 Å². The van der Waals surface area contributed by atoms with E-state index < -0.39 is 0 Å². The van der Waals surface area contributed by atoms with Gasteiger partial charge in [-0.2, -0.15) is 0 Å². The zero-order valence-electron chi connectivity index (χ0n) is 9.33. The van der Waals surface area contributed by atoms with Crippen LogP contribution in [0.5, 0.6) is 0 Å². The normalized spacial score (nSPS) is 12.0. The second kappa shape index (κ2) is 5.20. The molecule has 0 fully saturated rings. The highest BCUT2D eigenvalue weighted by Crippen LogP contribution is 2.14. The van der Waals surface area contributed by atoms with Gasteiger partial charge in [0, 0.05) is 0 Å². The summed E-state index contributed by atoms with van der Waals surface area (Å²) in [6, 6.07) is 8.31. The van der Waals surface area contributed by atoms with Gasteiger partial charge in [-0.1, -0.05) is 48.6 Å². The third-order valence-electron chi connectivity index (χ3n) is 2.23. The number of hydrogen-bond donors (Lipinski definition) is 1. The van der Waals surface area contributed by atoms with Gasteiger partial charge in [-0.25, -0.2) is 0 Å². The molecule has 0 radical (unpaired) electrons. The third-order valence-corrected chi connectivity index (χ3v) is 2.23. The quantitative estimate of drug-likeness (QED) is 0.741. The molecule has 2 N–H and O–H groups in total. The van der Waals surface area contributed by atoms with Crippen molar-refractivity contribution in [1.82, 2.24) is 0 Å². The van der Waals surface area contributed by atoms with E-state index in [9.17, 15) is 0 Å². The number of hydrogen-bond acceptors (Lipinski definition) is 1. The Morgan fingerprint density at radius 3 is 2.33 bits per heavy atom. The standard InChI is InChI=1S/C14H17N/c1-11-5-8-14(9-6-11)13(3)7-4-12(2)10-15/h4-10H,3,15H2,1-2H3/b7-4-,12-10-. The Labute approximate surface area is 91.6 Å². The van der Waals surface area contributed by atoms with Gasteiger partial charge in [-0.15, -0.1) is 0 Å². The van der Waals surface area contributed by atoms with Crippen molar-refractivity contribution in [3.05, 3.63) is 65.9 Å². The lowest BCUT2D eigenvalue weighted by Crippen LogP contribution is -1.82. The van der Waals surface area contributed by atoms with Crippen molar-refractivity contribution in [3.8, 4) is 0 Å². The summed E-state index contributed by atoms with van der Waals surface area (Å²) >= 11 is 0.